The van der Waals surface area contributed by atoms with Gasteiger partial charge < -0.3 is 0 Å². The first-order valence-electron chi connectivity index (χ1n) is 6.77. The van der Waals surface area contributed by atoms with Crippen molar-refractivity contribution in [2.24, 2.45) is 5.92 Å². The van der Waals surface area contributed by atoms with Crippen LogP contribution >= 0.6 is 0 Å². The average molecular weight is 280 g/mol. The molecule has 1 aromatic rings. The minimum Gasteiger partial charge on any atom is -0.277 e. The zero-order valence-electron chi connectivity index (χ0n) is 11.4. The second kappa shape index (κ2) is 4.58. The molecule has 0 aromatic heterocycles. The molecule has 1 fully saturated rings. The van der Waals surface area contributed by atoms with Crippen molar-refractivity contribution in [3.8, 4) is 0 Å². The van der Waals surface area contributed by atoms with E-state index in [1.165, 1.54) is 11.1 Å². The fourth-order valence-corrected chi connectivity index (χ4v) is 4.90. The quantitative estimate of drug-likeness (QED) is 0.829. The Labute approximate surface area is 115 Å². The van der Waals surface area contributed by atoms with Gasteiger partial charge in [-0.15, -0.1) is 0 Å². The van der Waals surface area contributed by atoms with Crippen LogP contribution in [-0.4, -0.2) is 36.6 Å². The minimum atomic E-state index is -3.12. The summed E-state index contributed by atoms with van der Waals surface area (Å²) in [6.45, 7) is 6.12. The molecule has 0 bridgehead atoms. The van der Waals surface area contributed by atoms with Gasteiger partial charge in [0.25, 0.3) is 0 Å². The molecule has 4 nitrogen and oxygen atoms in total. The van der Waals surface area contributed by atoms with Crippen LogP contribution < -0.4 is 0 Å². The predicted octanol–water partition coefficient (Wildman–Crippen LogP) is 1.80. The van der Waals surface area contributed by atoms with Crippen LogP contribution in [0.25, 0.3) is 0 Å². The molecule has 19 heavy (non-hydrogen) atoms. The molecule has 1 saturated heterocycles. The van der Waals surface area contributed by atoms with Crippen LogP contribution in [0.1, 0.15) is 31.0 Å². The van der Waals surface area contributed by atoms with Crippen LogP contribution in [0.15, 0.2) is 24.3 Å². The van der Waals surface area contributed by atoms with E-state index in [4.69, 9.17) is 0 Å². The van der Waals surface area contributed by atoms with Crippen LogP contribution in [-0.2, 0) is 16.6 Å². The van der Waals surface area contributed by atoms with E-state index in [1.54, 1.807) is 4.31 Å². The molecule has 0 N–H and O–H groups in total. The second-order valence-corrected chi connectivity index (χ2v) is 7.92. The standard InChI is InChI=1S/C14H20N2O2S/c1-11(2)7-16-10-15-8-12-5-3-4-6-13(12)14(15)9-19(16,17)18/h3-6,11,14H,7-10H2,1-2H3. The molecule has 0 saturated carbocycles. The maximum absolute atomic E-state index is 12.4. The van der Waals surface area contributed by atoms with Gasteiger partial charge in [0.15, 0.2) is 0 Å². The van der Waals surface area contributed by atoms with Crippen LogP contribution in [0, 0.1) is 5.92 Å². The van der Waals surface area contributed by atoms with Gasteiger partial charge in [-0.3, -0.25) is 4.90 Å². The number of hydrogen-bond acceptors (Lipinski definition) is 3. The third-order valence-corrected chi connectivity index (χ3v) is 5.69. The molecule has 104 valence electrons. The van der Waals surface area contributed by atoms with Crippen molar-refractivity contribution >= 4 is 10.0 Å². The number of rotatable bonds is 2. The zero-order chi connectivity index (χ0) is 13.6. The Hall–Kier alpha value is -0.910. The molecule has 2 aliphatic heterocycles. The van der Waals surface area contributed by atoms with Gasteiger partial charge in [0, 0.05) is 13.1 Å². The van der Waals surface area contributed by atoms with E-state index in [2.05, 4.69) is 30.9 Å². The maximum Gasteiger partial charge on any atom is 0.217 e. The van der Waals surface area contributed by atoms with Crippen LogP contribution in [0.2, 0.25) is 0 Å². The molecule has 2 heterocycles. The molecular weight excluding hydrogens is 260 g/mol. The lowest BCUT2D eigenvalue weighted by Gasteiger charge is -2.37. The van der Waals surface area contributed by atoms with E-state index >= 15 is 0 Å². The molecular formula is C14H20N2O2S. The molecule has 0 aliphatic carbocycles. The lowest BCUT2D eigenvalue weighted by atomic mass is 10.1. The third-order valence-electron chi connectivity index (χ3n) is 3.90. The Morgan fingerprint density at radius 2 is 2.05 bits per heavy atom. The molecule has 0 radical (unpaired) electrons. The van der Waals surface area contributed by atoms with E-state index in [-0.39, 0.29) is 11.8 Å². The van der Waals surface area contributed by atoms with Gasteiger partial charge in [-0.05, 0) is 17.0 Å². The summed E-state index contributed by atoms with van der Waals surface area (Å²) in [5, 5.41) is 0. The number of fused-ring (bicyclic) bond motifs is 3. The van der Waals surface area contributed by atoms with Crippen molar-refractivity contribution in [2.75, 3.05) is 19.0 Å². The van der Waals surface area contributed by atoms with Gasteiger partial charge in [0.2, 0.25) is 10.0 Å². The number of sulfonamides is 1. The van der Waals surface area contributed by atoms with Gasteiger partial charge in [0.1, 0.15) is 0 Å². The zero-order valence-corrected chi connectivity index (χ0v) is 12.2. The average Bonchev–Trinajstić information content (AvgIpc) is 2.66. The Bertz CT molecular complexity index is 583. The predicted molar refractivity (Wildman–Crippen MR) is 74.9 cm³/mol. The lowest BCUT2D eigenvalue weighted by molar-refractivity contribution is 0.134. The van der Waals surface area contributed by atoms with E-state index in [1.807, 2.05) is 12.1 Å². The topological polar surface area (TPSA) is 40.6 Å². The van der Waals surface area contributed by atoms with Crippen molar-refractivity contribution in [1.82, 2.24) is 9.21 Å². The Balaban J connectivity index is 1.89. The largest absolute Gasteiger partial charge is 0.277 e. The summed E-state index contributed by atoms with van der Waals surface area (Å²) in [5.41, 5.74) is 2.46. The first-order chi connectivity index (χ1) is 8.97. The van der Waals surface area contributed by atoms with Gasteiger partial charge in [-0.25, -0.2) is 8.42 Å². The minimum absolute atomic E-state index is 0.0459. The molecule has 1 aromatic carbocycles. The summed E-state index contributed by atoms with van der Waals surface area (Å²) in [5.74, 6) is 0.577. The van der Waals surface area contributed by atoms with E-state index in [0.717, 1.165) is 6.54 Å². The van der Waals surface area contributed by atoms with Crippen molar-refractivity contribution in [3.63, 3.8) is 0 Å². The summed E-state index contributed by atoms with van der Waals surface area (Å²) in [7, 11) is -3.12. The molecule has 3 rings (SSSR count). The first-order valence-corrected chi connectivity index (χ1v) is 8.38. The Morgan fingerprint density at radius 1 is 1.32 bits per heavy atom. The summed E-state index contributed by atoms with van der Waals surface area (Å²) >= 11 is 0. The third kappa shape index (κ3) is 2.30. The van der Waals surface area contributed by atoms with Gasteiger partial charge in [-0.2, -0.15) is 4.31 Å². The van der Waals surface area contributed by atoms with E-state index in [0.29, 0.717) is 19.1 Å². The van der Waals surface area contributed by atoms with E-state index < -0.39 is 10.0 Å². The normalized spacial score (nSPS) is 26.4. The van der Waals surface area contributed by atoms with Crippen molar-refractivity contribution in [3.05, 3.63) is 35.4 Å². The molecule has 1 unspecified atom stereocenters. The lowest BCUT2D eigenvalue weighted by Crippen LogP contribution is -2.50. The fraction of sp³-hybridized carbons (Fsp3) is 0.571. The van der Waals surface area contributed by atoms with Gasteiger partial charge >= 0.3 is 0 Å². The Morgan fingerprint density at radius 3 is 2.79 bits per heavy atom. The molecule has 0 spiro atoms. The summed E-state index contributed by atoms with van der Waals surface area (Å²) in [6.07, 6.45) is 0. The number of nitrogens with zero attached hydrogens (tertiary/aromatic N) is 2. The first kappa shape index (κ1) is 13.1. The Kier molecular flexibility index (Phi) is 3.15. The van der Waals surface area contributed by atoms with Crippen molar-refractivity contribution < 1.29 is 8.42 Å². The van der Waals surface area contributed by atoms with Crippen LogP contribution in [0.5, 0.6) is 0 Å². The number of hydrogen-bond donors (Lipinski definition) is 0. The highest BCUT2D eigenvalue weighted by atomic mass is 32.2. The highest BCUT2D eigenvalue weighted by molar-refractivity contribution is 7.89. The monoisotopic (exact) mass is 280 g/mol. The summed E-state index contributed by atoms with van der Waals surface area (Å²) in [4.78, 5) is 2.27. The van der Waals surface area contributed by atoms with E-state index in [9.17, 15) is 8.42 Å². The van der Waals surface area contributed by atoms with Gasteiger partial charge in [-0.1, -0.05) is 38.1 Å². The SMILES string of the molecule is CC(C)CN1CN2Cc3ccccc3C2CS1(=O)=O. The molecule has 2 aliphatic rings. The van der Waals surface area contributed by atoms with Crippen molar-refractivity contribution in [1.29, 1.82) is 0 Å². The summed E-state index contributed by atoms with van der Waals surface area (Å²) < 4.78 is 26.4. The summed E-state index contributed by atoms with van der Waals surface area (Å²) in [6, 6.07) is 8.23. The van der Waals surface area contributed by atoms with Gasteiger partial charge in [0.05, 0.1) is 18.5 Å². The maximum atomic E-state index is 12.4. The van der Waals surface area contributed by atoms with Crippen LogP contribution in [0.3, 0.4) is 0 Å². The fourth-order valence-electron chi connectivity index (χ4n) is 3.05. The highest BCUT2D eigenvalue weighted by Crippen LogP contribution is 2.38. The molecule has 1 atom stereocenters. The van der Waals surface area contributed by atoms with Crippen molar-refractivity contribution in [2.45, 2.75) is 26.4 Å². The number of benzene rings is 1. The smallest absolute Gasteiger partial charge is 0.217 e. The highest BCUT2D eigenvalue weighted by Gasteiger charge is 2.41. The van der Waals surface area contributed by atoms with Crippen LogP contribution in [0.4, 0.5) is 0 Å². The molecule has 0 amide bonds. The molecule has 5 heteroatoms. The second-order valence-electron chi connectivity index (χ2n) is 5.91.